The van der Waals surface area contributed by atoms with E-state index < -0.39 is 0 Å². The summed E-state index contributed by atoms with van der Waals surface area (Å²) in [6.45, 7) is 0. The molecule has 0 unspecified atom stereocenters. The van der Waals surface area contributed by atoms with Crippen molar-refractivity contribution in [3.8, 4) is 0 Å². The summed E-state index contributed by atoms with van der Waals surface area (Å²) in [5.41, 5.74) is 1.22. The van der Waals surface area contributed by atoms with E-state index in [0.717, 1.165) is 5.02 Å². The molecule has 0 heterocycles. The first kappa shape index (κ1) is 7.58. The Bertz CT molecular complexity index is 220. The second kappa shape index (κ2) is 3.04. The van der Waals surface area contributed by atoms with Crippen LogP contribution < -0.4 is 4.90 Å². The zero-order valence-corrected chi connectivity index (χ0v) is 6.94. The van der Waals surface area contributed by atoms with Crippen LogP contribution in [0.2, 0.25) is 5.02 Å². The monoisotopic (exact) mass is 156 g/mol. The maximum absolute atomic E-state index is 5.78. The fourth-order valence-corrected chi connectivity index (χ4v) is 0.990. The van der Waals surface area contributed by atoms with E-state index in [9.17, 15) is 0 Å². The summed E-state index contributed by atoms with van der Waals surface area (Å²) in [5, 5.41) is 0.804. The van der Waals surface area contributed by atoms with Crippen LogP contribution in [0.3, 0.4) is 0 Å². The molecule has 0 amide bonds. The highest BCUT2D eigenvalue weighted by Crippen LogP contribution is 2.10. The first-order chi connectivity index (χ1) is 4.70. The third-order valence-electron chi connectivity index (χ3n) is 1.40. The lowest BCUT2D eigenvalue weighted by molar-refractivity contribution is -0.786. The van der Waals surface area contributed by atoms with Gasteiger partial charge in [-0.3, -0.25) is 0 Å². The lowest BCUT2D eigenvalue weighted by atomic mass is 10.3. The van der Waals surface area contributed by atoms with Gasteiger partial charge in [-0.25, -0.2) is 0 Å². The Kier molecular flexibility index (Phi) is 2.30. The molecule has 0 aromatic heterocycles. The second-order valence-corrected chi connectivity index (χ2v) is 2.95. The number of hydrogen-bond acceptors (Lipinski definition) is 0. The molecular formula is C8H11ClN+. The summed E-state index contributed by atoms with van der Waals surface area (Å²) in [7, 11) is 4.15. The summed E-state index contributed by atoms with van der Waals surface area (Å²) in [6.07, 6.45) is 0. The van der Waals surface area contributed by atoms with E-state index in [0.29, 0.717) is 0 Å². The lowest BCUT2D eigenvalue weighted by Crippen LogP contribution is -3.00. The van der Waals surface area contributed by atoms with Crippen LogP contribution in [-0.4, -0.2) is 14.1 Å². The summed E-state index contributed by atoms with van der Waals surface area (Å²) in [4.78, 5) is 1.29. The molecule has 1 N–H and O–H groups in total. The van der Waals surface area contributed by atoms with Crippen molar-refractivity contribution >= 4 is 17.3 Å². The molecule has 0 saturated carbocycles. The van der Waals surface area contributed by atoms with Crippen LogP contribution in [0.4, 0.5) is 5.69 Å². The Morgan fingerprint density at radius 1 is 1.30 bits per heavy atom. The van der Waals surface area contributed by atoms with Gasteiger partial charge in [0.1, 0.15) is 5.69 Å². The zero-order chi connectivity index (χ0) is 7.56. The van der Waals surface area contributed by atoms with Gasteiger partial charge in [-0.15, -0.1) is 0 Å². The quantitative estimate of drug-likeness (QED) is 0.622. The van der Waals surface area contributed by atoms with Gasteiger partial charge in [-0.1, -0.05) is 17.7 Å². The van der Waals surface area contributed by atoms with Crippen molar-refractivity contribution in [2.75, 3.05) is 14.1 Å². The van der Waals surface area contributed by atoms with Crippen molar-refractivity contribution in [2.24, 2.45) is 0 Å². The minimum atomic E-state index is 0.804. The molecule has 1 nitrogen and oxygen atoms in total. The van der Waals surface area contributed by atoms with Crippen molar-refractivity contribution in [1.29, 1.82) is 0 Å². The maximum atomic E-state index is 5.78. The van der Waals surface area contributed by atoms with Crippen LogP contribution >= 0.6 is 11.6 Å². The summed E-state index contributed by atoms with van der Waals surface area (Å²) >= 11 is 5.78. The van der Waals surface area contributed by atoms with Gasteiger partial charge < -0.3 is 4.90 Å². The summed E-state index contributed by atoms with van der Waals surface area (Å²) in [6, 6.07) is 7.87. The molecular weight excluding hydrogens is 146 g/mol. The molecule has 0 bridgehead atoms. The van der Waals surface area contributed by atoms with Crippen LogP contribution in [0.25, 0.3) is 0 Å². The average Bonchev–Trinajstić information content (AvgIpc) is 1.88. The fraction of sp³-hybridized carbons (Fsp3) is 0.250. The van der Waals surface area contributed by atoms with Gasteiger partial charge in [0.25, 0.3) is 0 Å². The van der Waals surface area contributed by atoms with E-state index >= 15 is 0 Å². The standard InChI is InChI=1S/C8H10ClN/c1-10(2)8-5-3-4-7(9)6-8/h3-6H,1-2H3/p+1. The van der Waals surface area contributed by atoms with E-state index in [1.165, 1.54) is 10.6 Å². The Hall–Kier alpha value is -0.530. The van der Waals surface area contributed by atoms with E-state index in [2.05, 4.69) is 20.2 Å². The van der Waals surface area contributed by atoms with E-state index in [4.69, 9.17) is 11.6 Å². The highest BCUT2D eigenvalue weighted by molar-refractivity contribution is 6.30. The highest BCUT2D eigenvalue weighted by atomic mass is 35.5. The minimum absolute atomic E-state index is 0.804. The number of halogens is 1. The molecule has 1 aromatic rings. The van der Waals surface area contributed by atoms with Gasteiger partial charge in [-0.2, -0.15) is 0 Å². The molecule has 0 aliphatic heterocycles. The van der Waals surface area contributed by atoms with Crippen LogP contribution in [0.5, 0.6) is 0 Å². The normalized spacial score (nSPS) is 10.4. The molecule has 0 fully saturated rings. The molecule has 10 heavy (non-hydrogen) atoms. The smallest absolute Gasteiger partial charge is 0.132 e. The average molecular weight is 157 g/mol. The Morgan fingerprint density at radius 3 is 2.40 bits per heavy atom. The van der Waals surface area contributed by atoms with E-state index in [1.807, 2.05) is 18.2 Å². The topological polar surface area (TPSA) is 4.44 Å². The largest absolute Gasteiger partial charge is 0.307 e. The van der Waals surface area contributed by atoms with E-state index in [-0.39, 0.29) is 0 Å². The Morgan fingerprint density at radius 2 is 2.00 bits per heavy atom. The molecule has 0 saturated heterocycles. The van der Waals surface area contributed by atoms with Crippen molar-refractivity contribution in [3.63, 3.8) is 0 Å². The van der Waals surface area contributed by atoms with Crippen LogP contribution in [0.15, 0.2) is 24.3 Å². The van der Waals surface area contributed by atoms with E-state index in [1.54, 1.807) is 0 Å². The first-order valence-corrected chi connectivity index (χ1v) is 3.64. The van der Waals surface area contributed by atoms with Crippen molar-refractivity contribution < 1.29 is 4.90 Å². The van der Waals surface area contributed by atoms with Crippen LogP contribution in [0, 0.1) is 0 Å². The molecule has 1 aromatic carbocycles. The van der Waals surface area contributed by atoms with Crippen LogP contribution in [-0.2, 0) is 0 Å². The molecule has 0 spiro atoms. The van der Waals surface area contributed by atoms with Gasteiger partial charge in [0, 0.05) is 11.1 Å². The summed E-state index contributed by atoms with van der Waals surface area (Å²) in [5.74, 6) is 0. The predicted octanol–water partition coefficient (Wildman–Crippen LogP) is 1.12. The number of hydrogen-bond donors (Lipinski definition) is 1. The third kappa shape index (κ3) is 1.72. The van der Waals surface area contributed by atoms with Crippen molar-refractivity contribution in [1.82, 2.24) is 0 Å². The second-order valence-electron chi connectivity index (χ2n) is 2.51. The number of benzene rings is 1. The minimum Gasteiger partial charge on any atom is -0.307 e. The molecule has 1 rings (SSSR count). The van der Waals surface area contributed by atoms with Gasteiger partial charge in [0.2, 0.25) is 0 Å². The Labute approximate surface area is 66.2 Å². The zero-order valence-electron chi connectivity index (χ0n) is 6.19. The Balaban J connectivity index is 2.96. The maximum Gasteiger partial charge on any atom is 0.132 e. The molecule has 54 valence electrons. The first-order valence-electron chi connectivity index (χ1n) is 3.26. The lowest BCUT2D eigenvalue weighted by Gasteiger charge is -2.05. The third-order valence-corrected chi connectivity index (χ3v) is 1.64. The number of quaternary nitrogens is 1. The fourth-order valence-electron chi connectivity index (χ4n) is 0.799. The highest BCUT2D eigenvalue weighted by Gasteiger charge is 1.98. The van der Waals surface area contributed by atoms with Gasteiger partial charge in [-0.05, 0) is 12.1 Å². The number of rotatable bonds is 1. The van der Waals surface area contributed by atoms with Gasteiger partial charge >= 0.3 is 0 Å². The summed E-state index contributed by atoms with van der Waals surface area (Å²) < 4.78 is 0. The van der Waals surface area contributed by atoms with Crippen molar-refractivity contribution in [2.45, 2.75) is 0 Å². The van der Waals surface area contributed by atoms with Crippen LogP contribution in [0.1, 0.15) is 0 Å². The molecule has 0 radical (unpaired) electrons. The molecule has 0 atom stereocenters. The molecule has 0 aliphatic carbocycles. The van der Waals surface area contributed by atoms with Gasteiger partial charge in [0.05, 0.1) is 14.1 Å². The van der Waals surface area contributed by atoms with Gasteiger partial charge in [0.15, 0.2) is 0 Å². The molecule has 2 heteroatoms. The van der Waals surface area contributed by atoms with Crippen molar-refractivity contribution in [3.05, 3.63) is 29.3 Å². The number of nitrogens with one attached hydrogen (secondary N) is 1. The SMILES string of the molecule is C[NH+](C)c1cccc(Cl)c1. The molecule has 0 aliphatic rings. The predicted molar refractivity (Wildman–Crippen MR) is 43.9 cm³/mol.